The summed E-state index contributed by atoms with van der Waals surface area (Å²) in [4.78, 5) is 29.1. The van der Waals surface area contributed by atoms with Gasteiger partial charge in [-0.1, -0.05) is 36.4 Å². The molecule has 6 heteroatoms. The molecule has 1 aliphatic carbocycles. The van der Waals surface area contributed by atoms with Crippen molar-refractivity contribution in [3.8, 4) is 0 Å². The van der Waals surface area contributed by atoms with Crippen LogP contribution in [0.1, 0.15) is 41.9 Å². The van der Waals surface area contributed by atoms with Crippen LogP contribution in [-0.2, 0) is 20.7 Å². The van der Waals surface area contributed by atoms with E-state index in [-0.39, 0.29) is 11.9 Å². The fraction of sp³-hybridized carbons (Fsp3) is 0.261. The fourth-order valence-corrected chi connectivity index (χ4v) is 4.43. The Hall–Kier alpha value is -2.99. The first-order chi connectivity index (χ1) is 14.1. The smallest absolute Gasteiger partial charge is 0.331 e. The minimum atomic E-state index is -0.864. The lowest BCUT2D eigenvalue weighted by atomic mass is 9.87. The molecule has 2 atom stereocenters. The fourth-order valence-electron chi connectivity index (χ4n) is 3.56. The van der Waals surface area contributed by atoms with Crippen LogP contribution in [0.25, 0.3) is 16.3 Å². The molecule has 0 bridgehead atoms. The number of carbonyl (C=O) groups is 2. The number of nitrogens with one attached hydrogen (secondary N) is 1. The Morgan fingerprint density at radius 1 is 1.21 bits per heavy atom. The number of esters is 1. The lowest BCUT2D eigenvalue weighted by Gasteiger charge is -2.27. The van der Waals surface area contributed by atoms with E-state index in [0.717, 1.165) is 40.1 Å². The van der Waals surface area contributed by atoms with Crippen molar-refractivity contribution in [3.63, 3.8) is 0 Å². The number of aryl methyl sites for hydroxylation is 1. The molecule has 1 aliphatic rings. The first-order valence-corrected chi connectivity index (χ1v) is 10.5. The maximum absolute atomic E-state index is 12.5. The lowest BCUT2D eigenvalue weighted by Crippen LogP contribution is -2.39. The highest BCUT2D eigenvalue weighted by Crippen LogP contribution is 2.29. The Morgan fingerprint density at radius 3 is 2.86 bits per heavy atom. The Bertz CT molecular complexity index is 1040. The number of hydrogen-bond acceptors (Lipinski definition) is 5. The summed E-state index contributed by atoms with van der Waals surface area (Å²) in [6.07, 6.45) is 5.02. The van der Waals surface area contributed by atoms with Crippen LogP contribution < -0.4 is 5.32 Å². The summed E-state index contributed by atoms with van der Waals surface area (Å²) in [5.74, 6) is -0.843. The molecular formula is C23H22N2O3S. The molecule has 1 amide bonds. The Kier molecular flexibility index (Phi) is 5.71. The summed E-state index contributed by atoms with van der Waals surface area (Å²) < 4.78 is 6.33. The normalized spacial score (nSPS) is 17.1. The molecule has 0 radical (unpaired) electrons. The molecule has 148 valence electrons. The Labute approximate surface area is 173 Å². The van der Waals surface area contributed by atoms with Gasteiger partial charge in [0.1, 0.15) is 5.01 Å². The molecule has 4 rings (SSSR count). The summed E-state index contributed by atoms with van der Waals surface area (Å²) in [6.45, 7) is 1.59. The standard InChI is InChI=1S/C23H22N2O3S/c1-15(23(27)25-18-11-6-8-16-7-2-3-9-17(16)18)28-22(26)14-13-21-24-19-10-4-5-12-20(19)29-21/h2-5,7,9-10,12-15,18H,6,8,11H2,1H3,(H,25,27)/b14-13+/t15-,18+/m0/s1. The topological polar surface area (TPSA) is 68.3 Å². The van der Waals surface area contributed by atoms with Gasteiger partial charge in [-0.3, -0.25) is 4.79 Å². The van der Waals surface area contributed by atoms with Gasteiger partial charge in [0.2, 0.25) is 0 Å². The highest BCUT2D eigenvalue weighted by Gasteiger charge is 2.24. The SMILES string of the molecule is C[C@H](OC(=O)/C=C/c1nc2ccccc2s1)C(=O)N[C@@H]1CCCc2ccccc21. The van der Waals surface area contributed by atoms with Crippen molar-refractivity contribution in [1.82, 2.24) is 10.3 Å². The molecule has 0 fully saturated rings. The highest BCUT2D eigenvalue weighted by atomic mass is 32.1. The number of nitrogens with zero attached hydrogens (tertiary/aromatic N) is 1. The van der Waals surface area contributed by atoms with E-state index in [9.17, 15) is 9.59 Å². The molecule has 1 N–H and O–H groups in total. The number of aromatic nitrogens is 1. The van der Waals surface area contributed by atoms with Crippen LogP contribution >= 0.6 is 11.3 Å². The van der Waals surface area contributed by atoms with Gasteiger partial charge in [0.25, 0.3) is 5.91 Å². The van der Waals surface area contributed by atoms with Gasteiger partial charge in [-0.05, 0) is 55.5 Å². The summed E-state index contributed by atoms with van der Waals surface area (Å²) >= 11 is 1.50. The van der Waals surface area contributed by atoms with E-state index in [1.807, 2.05) is 36.4 Å². The number of fused-ring (bicyclic) bond motifs is 2. The number of hydrogen-bond donors (Lipinski definition) is 1. The number of rotatable bonds is 5. The van der Waals surface area contributed by atoms with Crippen molar-refractivity contribution in [1.29, 1.82) is 0 Å². The van der Waals surface area contributed by atoms with Gasteiger partial charge < -0.3 is 10.1 Å². The second kappa shape index (κ2) is 8.57. The van der Waals surface area contributed by atoms with Crippen molar-refractivity contribution in [3.05, 3.63) is 70.7 Å². The number of para-hydroxylation sites is 1. The van der Waals surface area contributed by atoms with E-state index in [2.05, 4.69) is 22.4 Å². The number of thiazole rings is 1. The monoisotopic (exact) mass is 406 g/mol. The third-order valence-electron chi connectivity index (χ3n) is 5.02. The van der Waals surface area contributed by atoms with Crippen LogP contribution in [0.3, 0.4) is 0 Å². The molecule has 2 aromatic carbocycles. The summed E-state index contributed by atoms with van der Waals surface area (Å²) in [6, 6.07) is 15.9. The van der Waals surface area contributed by atoms with Crippen LogP contribution in [0, 0.1) is 0 Å². The average Bonchev–Trinajstić information content (AvgIpc) is 3.15. The molecule has 0 spiro atoms. The largest absolute Gasteiger partial charge is 0.449 e. The minimum Gasteiger partial charge on any atom is -0.449 e. The molecule has 29 heavy (non-hydrogen) atoms. The predicted octanol–water partition coefficient (Wildman–Crippen LogP) is 4.44. The Balaban J connectivity index is 1.34. The number of ether oxygens (including phenoxy) is 1. The quantitative estimate of drug-likeness (QED) is 0.503. The lowest BCUT2D eigenvalue weighted by molar-refractivity contribution is -0.150. The Morgan fingerprint density at radius 2 is 2.00 bits per heavy atom. The van der Waals surface area contributed by atoms with Gasteiger partial charge in [0.05, 0.1) is 16.3 Å². The molecule has 0 saturated heterocycles. The molecule has 1 aromatic heterocycles. The van der Waals surface area contributed by atoms with Gasteiger partial charge in [-0.2, -0.15) is 0 Å². The minimum absolute atomic E-state index is 0.0353. The van der Waals surface area contributed by atoms with E-state index in [1.165, 1.54) is 23.0 Å². The number of amides is 1. The zero-order valence-corrected chi connectivity index (χ0v) is 16.9. The molecular weight excluding hydrogens is 384 g/mol. The van der Waals surface area contributed by atoms with Crippen molar-refractivity contribution >= 4 is 39.5 Å². The molecule has 3 aromatic rings. The summed E-state index contributed by atoms with van der Waals surface area (Å²) in [5.41, 5.74) is 3.32. The van der Waals surface area contributed by atoms with Gasteiger partial charge in [-0.15, -0.1) is 11.3 Å². The number of carbonyl (C=O) groups excluding carboxylic acids is 2. The van der Waals surface area contributed by atoms with Crippen molar-refractivity contribution < 1.29 is 14.3 Å². The van der Waals surface area contributed by atoms with E-state index < -0.39 is 12.1 Å². The maximum atomic E-state index is 12.5. The van der Waals surface area contributed by atoms with Crippen molar-refractivity contribution in [2.45, 2.75) is 38.3 Å². The van der Waals surface area contributed by atoms with E-state index in [4.69, 9.17) is 4.74 Å². The van der Waals surface area contributed by atoms with E-state index in [0.29, 0.717) is 0 Å². The second-order valence-corrected chi connectivity index (χ2v) is 8.15. The van der Waals surface area contributed by atoms with Gasteiger partial charge in [-0.25, -0.2) is 9.78 Å². The molecule has 0 aliphatic heterocycles. The highest BCUT2D eigenvalue weighted by molar-refractivity contribution is 7.19. The van der Waals surface area contributed by atoms with E-state index in [1.54, 1.807) is 13.0 Å². The first kappa shape index (κ1) is 19.3. The van der Waals surface area contributed by atoms with E-state index >= 15 is 0 Å². The average molecular weight is 407 g/mol. The van der Waals surface area contributed by atoms with Gasteiger partial charge >= 0.3 is 5.97 Å². The van der Waals surface area contributed by atoms with Crippen molar-refractivity contribution in [2.75, 3.05) is 0 Å². The zero-order chi connectivity index (χ0) is 20.2. The van der Waals surface area contributed by atoms with Gasteiger partial charge in [0, 0.05) is 6.08 Å². The molecule has 5 nitrogen and oxygen atoms in total. The summed E-state index contributed by atoms with van der Waals surface area (Å²) in [7, 11) is 0. The van der Waals surface area contributed by atoms with Crippen molar-refractivity contribution in [2.24, 2.45) is 0 Å². The molecule has 1 heterocycles. The van der Waals surface area contributed by atoms with Crippen LogP contribution in [0.15, 0.2) is 54.6 Å². The van der Waals surface area contributed by atoms with Crippen LogP contribution in [-0.4, -0.2) is 23.0 Å². The van der Waals surface area contributed by atoms with Crippen LogP contribution in [0.4, 0.5) is 0 Å². The first-order valence-electron chi connectivity index (χ1n) is 9.72. The third-order valence-corrected chi connectivity index (χ3v) is 6.02. The molecule has 0 saturated carbocycles. The third kappa shape index (κ3) is 4.54. The molecule has 0 unspecified atom stereocenters. The van der Waals surface area contributed by atoms with Crippen LogP contribution in [0.2, 0.25) is 0 Å². The number of benzene rings is 2. The maximum Gasteiger partial charge on any atom is 0.331 e. The second-order valence-electron chi connectivity index (χ2n) is 7.08. The van der Waals surface area contributed by atoms with Gasteiger partial charge in [0.15, 0.2) is 6.10 Å². The van der Waals surface area contributed by atoms with Crippen LogP contribution in [0.5, 0.6) is 0 Å². The predicted molar refractivity (Wildman–Crippen MR) is 114 cm³/mol. The summed E-state index contributed by atoms with van der Waals surface area (Å²) in [5, 5.41) is 3.74. The zero-order valence-electron chi connectivity index (χ0n) is 16.1.